The Morgan fingerprint density at radius 2 is 1.33 bits per heavy atom. The van der Waals surface area contributed by atoms with Crippen molar-refractivity contribution in [1.82, 2.24) is 5.32 Å². The molecule has 0 bridgehead atoms. The Kier molecular flexibility index (Phi) is 3.72. The zero-order chi connectivity index (χ0) is 6.36. The molecular weight excluding hydrogens is 114 g/mol. The molecule has 2 heteroatoms. The highest BCUT2D eigenvalue weighted by atomic mass is 16.5. The molecule has 0 saturated carbocycles. The van der Waals surface area contributed by atoms with Crippen molar-refractivity contribution in [2.45, 2.75) is 19.3 Å². The van der Waals surface area contributed by atoms with Gasteiger partial charge in [0.2, 0.25) is 0 Å². The van der Waals surface area contributed by atoms with E-state index in [1.165, 1.54) is 32.4 Å². The molecule has 2 fully saturated rings. The highest BCUT2D eigenvalue weighted by molar-refractivity contribution is 4.56. The van der Waals surface area contributed by atoms with Crippen molar-refractivity contribution in [3.8, 4) is 0 Å². The molecular formula is C7H15NO. The van der Waals surface area contributed by atoms with Gasteiger partial charge in [-0.3, -0.25) is 0 Å². The van der Waals surface area contributed by atoms with Gasteiger partial charge in [0.1, 0.15) is 0 Å². The van der Waals surface area contributed by atoms with E-state index in [1.807, 2.05) is 0 Å². The lowest BCUT2D eigenvalue weighted by atomic mass is 10.3. The predicted molar refractivity (Wildman–Crippen MR) is 37.5 cm³/mol. The van der Waals surface area contributed by atoms with E-state index in [0.29, 0.717) is 0 Å². The summed E-state index contributed by atoms with van der Waals surface area (Å²) in [6.45, 7) is 4.50. The van der Waals surface area contributed by atoms with Gasteiger partial charge in [-0.15, -0.1) is 0 Å². The second-order valence-corrected chi connectivity index (χ2v) is 2.42. The zero-order valence-corrected chi connectivity index (χ0v) is 5.86. The summed E-state index contributed by atoms with van der Waals surface area (Å²) in [7, 11) is 0. The fourth-order valence-corrected chi connectivity index (χ4v) is 0.687. The van der Waals surface area contributed by atoms with Crippen LogP contribution in [0.15, 0.2) is 0 Å². The minimum Gasteiger partial charge on any atom is -0.381 e. The van der Waals surface area contributed by atoms with Gasteiger partial charge in [0.15, 0.2) is 0 Å². The van der Waals surface area contributed by atoms with E-state index in [4.69, 9.17) is 4.74 Å². The third-order valence-corrected chi connectivity index (χ3v) is 1.53. The van der Waals surface area contributed by atoms with E-state index < -0.39 is 0 Å². The van der Waals surface area contributed by atoms with Crippen molar-refractivity contribution >= 4 is 0 Å². The van der Waals surface area contributed by atoms with E-state index in [9.17, 15) is 0 Å². The van der Waals surface area contributed by atoms with E-state index in [2.05, 4.69) is 5.32 Å². The quantitative estimate of drug-likeness (QED) is 0.522. The molecule has 0 aromatic rings. The molecule has 0 unspecified atom stereocenters. The van der Waals surface area contributed by atoms with Crippen molar-refractivity contribution < 1.29 is 4.74 Å². The lowest BCUT2D eigenvalue weighted by Gasteiger charge is -2.09. The Bertz CT molecular complexity index is 46.3. The number of nitrogens with one attached hydrogen (secondary N) is 1. The molecule has 0 aliphatic carbocycles. The van der Waals surface area contributed by atoms with Gasteiger partial charge in [-0.1, -0.05) is 0 Å². The van der Waals surface area contributed by atoms with Crippen LogP contribution in [0.1, 0.15) is 19.3 Å². The van der Waals surface area contributed by atoms with Crippen molar-refractivity contribution in [2.75, 3.05) is 26.3 Å². The molecule has 0 atom stereocenters. The minimum atomic E-state index is 1.00. The monoisotopic (exact) mass is 129 g/mol. The summed E-state index contributed by atoms with van der Waals surface area (Å²) < 4.78 is 4.94. The minimum absolute atomic E-state index is 1.00. The molecule has 2 saturated heterocycles. The standard InChI is InChI=1S/C4H8O.C3H7N/c1-2-4-5-3-1;1-2-4-3-1/h1-4H2;4H,1-3H2. The van der Waals surface area contributed by atoms with E-state index in [1.54, 1.807) is 0 Å². The smallest absolute Gasteiger partial charge is 0.0466 e. The largest absolute Gasteiger partial charge is 0.381 e. The fourth-order valence-electron chi connectivity index (χ4n) is 0.687. The van der Waals surface area contributed by atoms with Crippen LogP contribution in [-0.4, -0.2) is 26.3 Å². The van der Waals surface area contributed by atoms with Crippen LogP contribution in [0, 0.1) is 0 Å². The normalized spacial score (nSPS) is 24.0. The summed E-state index contributed by atoms with van der Waals surface area (Å²) in [4.78, 5) is 0. The van der Waals surface area contributed by atoms with Gasteiger partial charge in [0.25, 0.3) is 0 Å². The first-order chi connectivity index (χ1) is 4.50. The van der Waals surface area contributed by atoms with Crippen molar-refractivity contribution in [2.24, 2.45) is 0 Å². The van der Waals surface area contributed by atoms with E-state index >= 15 is 0 Å². The number of hydrogen-bond acceptors (Lipinski definition) is 2. The molecule has 2 nitrogen and oxygen atoms in total. The number of ether oxygens (including phenoxy) is 1. The maximum atomic E-state index is 4.94. The summed E-state index contributed by atoms with van der Waals surface area (Å²) in [6.07, 6.45) is 3.94. The third kappa shape index (κ3) is 3.49. The number of rotatable bonds is 0. The van der Waals surface area contributed by atoms with Gasteiger partial charge >= 0.3 is 0 Å². The summed E-state index contributed by atoms with van der Waals surface area (Å²) >= 11 is 0. The highest BCUT2D eigenvalue weighted by Crippen LogP contribution is 1.98. The average molecular weight is 129 g/mol. The first kappa shape index (κ1) is 7.03. The van der Waals surface area contributed by atoms with Crippen LogP contribution in [0.3, 0.4) is 0 Å². The average Bonchev–Trinajstić information content (AvgIpc) is 2.07. The Hall–Kier alpha value is -0.0800. The first-order valence-corrected chi connectivity index (χ1v) is 3.78. The Morgan fingerprint density at radius 1 is 0.889 bits per heavy atom. The third-order valence-electron chi connectivity index (χ3n) is 1.53. The molecule has 0 amide bonds. The van der Waals surface area contributed by atoms with E-state index in [0.717, 1.165) is 13.2 Å². The van der Waals surface area contributed by atoms with Crippen LogP contribution in [0.2, 0.25) is 0 Å². The van der Waals surface area contributed by atoms with Gasteiger partial charge in [0, 0.05) is 13.2 Å². The van der Waals surface area contributed by atoms with Crippen molar-refractivity contribution in [3.63, 3.8) is 0 Å². The van der Waals surface area contributed by atoms with Gasteiger partial charge in [-0.25, -0.2) is 0 Å². The SMILES string of the molecule is C1CCOC1.C1CNC1. The Labute approximate surface area is 56.6 Å². The molecule has 2 aliphatic rings. The predicted octanol–water partition coefficient (Wildman–Crippen LogP) is 0.776. The van der Waals surface area contributed by atoms with E-state index in [-0.39, 0.29) is 0 Å². The lowest BCUT2D eigenvalue weighted by molar-refractivity contribution is 0.198. The zero-order valence-electron chi connectivity index (χ0n) is 5.86. The van der Waals surface area contributed by atoms with Gasteiger partial charge in [0.05, 0.1) is 0 Å². The lowest BCUT2D eigenvalue weighted by Crippen LogP contribution is -2.29. The molecule has 0 radical (unpaired) electrons. The molecule has 2 aliphatic heterocycles. The number of hydrogen-bond donors (Lipinski definition) is 1. The molecule has 9 heavy (non-hydrogen) atoms. The van der Waals surface area contributed by atoms with Gasteiger partial charge in [-0.05, 0) is 32.4 Å². The topological polar surface area (TPSA) is 21.3 Å². The first-order valence-electron chi connectivity index (χ1n) is 3.78. The molecule has 0 aromatic carbocycles. The molecule has 0 aromatic heterocycles. The molecule has 2 rings (SSSR count). The summed E-state index contributed by atoms with van der Waals surface area (Å²) in [5, 5.41) is 3.11. The van der Waals surface area contributed by atoms with Crippen LogP contribution < -0.4 is 5.32 Å². The molecule has 0 spiro atoms. The van der Waals surface area contributed by atoms with Gasteiger partial charge < -0.3 is 10.1 Å². The molecule has 1 N–H and O–H groups in total. The van der Waals surface area contributed by atoms with Crippen LogP contribution >= 0.6 is 0 Å². The van der Waals surface area contributed by atoms with Crippen molar-refractivity contribution in [3.05, 3.63) is 0 Å². The summed E-state index contributed by atoms with van der Waals surface area (Å²) in [6, 6.07) is 0. The second kappa shape index (κ2) is 4.77. The van der Waals surface area contributed by atoms with Crippen LogP contribution in [0.25, 0.3) is 0 Å². The summed E-state index contributed by atoms with van der Waals surface area (Å²) in [5.74, 6) is 0. The highest BCUT2D eigenvalue weighted by Gasteiger charge is 1.94. The maximum Gasteiger partial charge on any atom is 0.0466 e. The van der Waals surface area contributed by atoms with Crippen LogP contribution in [0.4, 0.5) is 0 Å². The summed E-state index contributed by atoms with van der Waals surface area (Å²) in [5.41, 5.74) is 0. The van der Waals surface area contributed by atoms with Crippen LogP contribution in [-0.2, 0) is 4.74 Å². The maximum absolute atomic E-state index is 4.94. The fraction of sp³-hybridized carbons (Fsp3) is 1.00. The Morgan fingerprint density at radius 3 is 1.44 bits per heavy atom. The molecule has 54 valence electrons. The molecule has 2 heterocycles. The second-order valence-electron chi connectivity index (χ2n) is 2.42. The van der Waals surface area contributed by atoms with Gasteiger partial charge in [-0.2, -0.15) is 0 Å². The van der Waals surface area contributed by atoms with Crippen LogP contribution in [0.5, 0.6) is 0 Å². The van der Waals surface area contributed by atoms with Crippen molar-refractivity contribution in [1.29, 1.82) is 0 Å². The Balaban J connectivity index is 0.0000000922.